The van der Waals surface area contributed by atoms with Crippen molar-refractivity contribution in [3.63, 3.8) is 0 Å². The Morgan fingerprint density at radius 2 is 1.88 bits per heavy atom. The predicted molar refractivity (Wildman–Crippen MR) is 30.6 cm³/mol. The molecule has 0 aromatic rings. The molecule has 8 heavy (non-hydrogen) atoms. The summed E-state index contributed by atoms with van der Waals surface area (Å²) in [5.74, 6) is 0. The largest absolute Gasteiger partial charge is 0.282 e. The zero-order valence-electron chi connectivity index (χ0n) is 4.64. The topological polar surface area (TPSA) is 46.5 Å². The fourth-order valence-corrected chi connectivity index (χ4v) is 0. The Hall–Kier alpha value is -0.660. The van der Waals surface area contributed by atoms with Gasteiger partial charge in [0, 0.05) is 14.0 Å². The van der Waals surface area contributed by atoms with Gasteiger partial charge in [0.05, 0.1) is 0 Å². The van der Waals surface area contributed by atoms with Crippen molar-refractivity contribution in [2.75, 3.05) is 7.05 Å². The average molecular weight is 136 g/mol. The zero-order valence-corrected chi connectivity index (χ0v) is 5.40. The number of hydrogen-bond acceptors (Lipinski definition) is 3. The van der Waals surface area contributed by atoms with Crippen LogP contribution in [0.2, 0.25) is 0 Å². The number of isocyanates is 1. The summed E-state index contributed by atoms with van der Waals surface area (Å²) in [6.07, 6.45) is 1.31. The minimum absolute atomic E-state index is 0.361. The maximum Gasteiger partial charge on any atom is 0.234 e. The summed E-state index contributed by atoms with van der Waals surface area (Å²) >= 11 is 4.64. The molecular weight excluding hydrogens is 130 g/mol. The Morgan fingerprint density at radius 3 is 1.88 bits per heavy atom. The van der Waals surface area contributed by atoms with Crippen molar-refractivity contribution in [1.29, 1.82) is 0 Å². The van der Waals surface area contributed by atoms with Crippen LogP contribution >= 0.6 is 11.6 Å². The van der Waals surface area contributed by atoms with Gasteiger partial charge in [-0.15, -0.1) is 0 Å². The van der Waals surface area contributed by atoms with Crippen LogP contribution in [0, 0.1) is 0 Å². The van der Waals surface area contributed by atoms with E-state index in [2.05, 4.69) is 16.6 Å². The average Bonchev–Trinajstić information content (AvgIpc) is 1.65. The van der Waals surface area contributed by atoms with Crippen LogP contribution in [-0.2, 0) is 9.59 Å². The lowest BCUT2D eigenvalue weighted by molar-refractivity contribution is -0.109. The van der Waals surface area contributed by atoms with Crippen LogP contribution in [0.5, 0.6) is 0 Å². The Kier molecular flexibility index (Phi) is 12.4. The number of carbonyl (C=O) groups excluding carboxylic acids is 2. The number of halogens is 1. The molecule has 0 aliphatic rings. The van der Waals surface area contributed by atoms with Gasteiger partial charge in [0.2, 0.25) is 11.3 Å². The molecule has 0 atom stereocenters. The molecule has 0 spiro atoms. The molecule has 0 fully saturated rings. The number of nitrogens with zero attached hydrogens (tertiary/aromatic N) is 1. The van der Waals surface area contributed by atoms with Crippen LogP contribution in [0.15, 0.2) is 4.99 Å². The first kappa shape index (κ1) is 10.3. The van der Waals surface area contributed by atoms with Gasteiger partial charge in [-0.2, -0.15) is 0 Å². The normalized spacial score (nSPS) is 5.38. The molecule has 3 nitrogen and oxygen atoms in total. The van der Waals surface area contributed by atoms with E-state index >= 15 is 0 Å². The van der Waals surface area contributed by atoms with Gasteiger partial charge < -0.3 is 0 Å². The quantitative estimate of drug-likeness (QED) is 0.279. The van der Waals surface area contributed by atoms with Crippen LogP contribution < -0.4 is 0 Å². The smallest absolute Gasteiger partial charge is 0.234 e. The van der Waals surface area contributed by atoms with Gasteiger partial charge in [-0.1, -0.05) is 0 Å². The molecular formula is C4H6ClNO2. The van der Waals surface area contributed by atoms with E-state index in [1.54, 1.807) is 0 Å². The van der Waals surface area contributed by atoms with E-state index in [-0.39, 0.29) is 5.24 Å². The standard InChI is InChI=1S/C2H3ClO.C2H3NO/c1-2(3)4;1-3-2-4/h2*1H3. The lowest BCUT2D eigenvalue weighted by Crippen LogP contribution is -1.62. The summed E-state index contributed by atoms with van der Waals surface area (Å²) < 4.78 is 0. The Labute approximate surface area is 52.4 Å². The second-order valence-corrected chi connectivity index (χ2v) is 1.32. The van der Waals surface area contributed by atoms with Gasteiger partial charge in [-0.05, 0) is 11.6 Å². The third-order valence-electron chi connectivity index (χ3n) is 0.0913. The molecule has 0 rings (SSSR count). The van der Waals surface area contributed by atoms with E-state index in [0.717, 1.165) is 0 Å². The Morgan fingerprint density at radius 1 is 1.75 bits per heavy atom. The third kappa shape index (κ3) is 870. The van der Waals surface area contributed by atoms with E-state index in [0.29, 0.717) is 0 Å². The highest BCUT2D eigenvalue weighted by Gasteiger charge is 1.67. The van der Waals surface area contributed by atoms with Crippen LogP contribution in [0.3, 0.4) is 0 Å². The van der Waals surface area contributed by atoms with E-state index in [4.69, 9.17) is 4.79 Å². The highest BCUT2D eigenvalue weighted by molar-refractivity contribution is 6.62. The number of aliphatic imine (C=N–C) groups is 1. The van der Waals surface area contributed by atoms with Crippen molar-refractivity contribution in [1.82, 2.24) is 0 Å². The van der Waals surface area contributed by atoms with Crippen LogP contribution in [0.4, 0.5) is 0 Å². The molecule has 0 saturated carbocycles. The van der Waals surface area contributed by atoms with Gasteiger partial charge in [0.25, 0.3) is 0 Å². The molecule has 0 unspecified atom stereocenters. The van der Waals surface area contributed by atoms with Gasteiger partial charge in [-0.3, -0.25) is 4.79 Å². The molecule has 0 aliphatic heterocycles. The molecule has 0 aromatic carbocycles. The summed E-state index contributed by atoms with van der Waals surface area (Å²) in [6.45, 7) is 1.29. The van der Waals surface area contributed by atoms with Gasteiger partial charge in [0.1, 0.15) is 0 Å². The third-order valence-corrected chi connectivity index (χ3v) is 0.0913. The molecule has 0 aromatic heterocycles. The molecule has 0 N–H and O–H groups in total. The molecule has 0 aliphatic carbocycles. The number of carbonyl (C=O) groups is 1. The van der Waals surface area contributed by atoms with Crippen molar-refractivity contribution in [2.24, 2.45) is 4.99 Å². The number of rotatable bonds is 0. The first-order chi connectivity index (χ1) is 3.65. The van der Waals surface area contributed by atoms with Crippen molar-refractivity contribution < 1.29 is 9.59 Å². The number of hydrogen-bond donors (Lipinski definition) is 0. The van der Waals surface area contributed by atoms with E-state index < -0.39 is 0 Å². The van der Waals surface area contributed by atoms with Crippen molar-refractivity contribution >= 4 is 22.9 Å². The maximum absolute atomic E-state index is 9.21. The molecule has 4 heteroatoms. The minimum atomic E-state index is -0.361. The highest BCUT2D eigenvalue weighted by Crippen LogP contribution is 1.67. The lowest BCUT2D eigenvalue weighted by atomic mass is 10.9. The van der Waals surface area contributed by atoms with E-state index in [1.165, 1.54) is 20.1 Å². The lowest BCUT2D eigenvalue weighted by Gasteiger charge is -1.52. The predicted octanol–water partition coefficient (Wildman–Crippen LogP) is 0.724. The monoisotopic (exact) mass is 135 g/mol. The molecule has 0 amide bonds. The van der Waals surface area contributed by atoms with Gasteiger partial charge in [-0.25, -0.2) is 9.79 Å². The summed E-state index contributed by atoms with van der Waals surface area (Å²) in [7, 11) is 1.38. The van der Waals surface area contributed by atoms with E-state index in [1.807, 2.05) is 0 Å². The SMILES string of the molecule is CC(=O)Cl.CN=C=O. The fraction of sp³-hybridized carbons (Fsp3) is 0.500. The first-order valence-electron chi connectivity index (χ1n) is 1.77. The molecule has 0 bridgehead atoms. The van der Waals surface area contributed by atoms with Gasteiger partial charge in [0.15, 0.2) is 0 Å². The second-order valence-electron chi connectivity index (χ2n) is 0.785. The van der Waals surface area contributed by atoms with Crippen LogP contribution in [0.25, 0.3) is 0 Å². The fourth-order valence-electron chi connectivity index (χ4n) is 0. The van der Waals surface area contributed by atoms with Crippen molar-refractivity contribution in [3.05, 3.63) is 0 Å². The summed E-state index contributed by atoms with van der Waals surface area (Å²) in [5, 5.41) is -0.361. The summed E-state index contributed by atoms with van der Waals surface area (Å²) in [6, 6.07) is 0. The second kappa shape index (κ2) is 9.60. The van der Waals surface area contributed by atoms with Crippen LogP contribution in [0.1, 0.15) is 6.92 Å². The zero-order chi connectivity index (χ0) is 6.99. The summed E-state index contributed by atoms with van der Waals surface area (Å²) in [5.41, 5.74) is 0. The molecule has 0 heterocycles. The molecule has 0 saturated heterocycles. The Balaban J connectivity index is 0. The molecule has 46 valence electrons. The van der Waals surface area contributed by atoms with Crippen molar-refractivity contribution in [2.45, 2.75) is 6.92 Å². The summed E-state index contributed by atoms with van der Waals surface area (Å²) in [4.78, 5) is 21.0. The maximum atomic E-state index is 9.21. The first-order valence-corrected chi connectivity index (χ1v) is 2.15. The Bertz CT molecular complexity index is 103. The van der Waals surface area contributed by atoms with Crippen molar-refractivity contribution in [3.8, 4) is 0 Å². The minimum Gasteiger partial charge on any atom is -0.282 e. The highest BCUT2D eigenvalue weighted by atomic mass is 35.5. The van der Waals surface area contributed by atoms with E-state index in [9.17, 15) is 4.79 Å². The van der Waals surface area contributed by atoms with Crippen LogP contribution in [-0.4, -0.2) is 18.4 Å². The molecule has 0 radical (unpaired) electrons. The van der Waals surface area contributed by atoms with Gasteiger partial charge >= 0.3 is 0 Å².